The standard InChI is InChI=1S/C21H21NO7/c1-25-14-5-6-16(15(12-14)21(24)27-3)22-19(23)7-4-13-10-17(26-2)20-18(11-13)28-8-9-29-20/h4-7,10-12H,8-9H2,1-3H3,(H,22,23)/b7-4+. The molecule has 1 N–H and O–H groups in total. The molecule has 0 saturated heterocycles. The number of methoxy groups -OCH3 is 3. The van der Waals surface area contributed by atoms with Gasteiger partial charge in [0.15, 0.2) is 11.5 Å². The van der Waals surface area contributed by atoms with Crippen LogP contribution >= 0.6 is 0 Å². The van der Waals surface area contributed by atoms with Gasteiger partial charge in [-0.05, 0) is 42.0 Å². The van der Waals surface area contributed by atoms with Gasteiger partial charge >= 0.3 is 5.97 Å². The quantitative estimate of drug-likeness (QED) is 0.590. The molecule has 3 rings (SSSR count). The highest BCUT2D eigenvalue weighted by molar-refractivity contribution is 6.06. The van der Waals surface area contributed by atoms with Gasteiger partial charge in [0.2, 0.25) is 11.7 Å². The number of anilines is 1. The van der Waals surface area contributed by atoms with Crippen molar-refractivity contribution in [3.05, 3.63) is 47.5 Å². The molecule has 0 fully saturated rings. The van der Waals surface area contributed by atoms with E-state index in [1.54, 1.807) is 30.3 Å². The molecule has 0 unspecified atom stereocenters. The van der Waals surface area contributed by atoms with E-state index in [2.05, 4.69) is 5.32 Å². The number of hydrogen-bond acceptors (Lipinski definition) is 7. The molecule has 0 radical (unpaired) electrons. The summed E-state index contributed by atoms with van der Waals surface area (Å²) in [4.78, 5) is 24.4. The van der Waals surface area contributed by atoms with E-state index >= 15 is 0 Å². The van der Waals surface area contributed by atoms with E-state index in [0.29, 0.717) is 47.5 Å². The molecule has 1 amide bonds. The third-order valence-corrected chi connectivity index (χ3v) is 4.17. The summed E-state index contributed by atoms with van der Waals surface area (Å²) < 4.78 is 26.4. The summed E-state index contributed by atoms with van der Waals surface area (Å²) in [6.07, 6.45) is 2.95. The largest absolute Gasteiger partial charge is 0.497 e. The molecule has 0 spiro atoms. The molecule has 2 aromatic rings. The summed E-state index contributed by atoms with van der Waals surface area (Å²) in [5, 5.41) is 2.67. The lowest BCUT2D eigenvalue weighted by Crippen LogP contribution is -2.16. The Kier molecular flexibility index (Phi) is 6.23. The molecule has 0 bridgehead atoms. The number of ether oxygens (including phenoxy) is 5. The van der Waals surface area contributed by atoms with Crippen molar-refractivity contribution in [3.63, 3.8) is 0 Å². The second-order valence-electron chi connectivity index (χ2n) is 5.97. The summed E-state index contributed by atoms with van der Waals surface area (Å²) >= 11 is 0. The Bertz CT molecular complexity index is 935. The van der Waals surface area contributed by atoms with Crippen LogP contribution in [0.3, 0.4) is 0 Å². The molecular formula is C21H21NO7. The van der Waals surface area contributed by atoms with Gasteiger partial charge in [-0.2, -0.15) is 0 Å². The van der Waals surface area contributed by atoms with Gasteiger partial charge in [-0.15, -0.1) is 0 Å². The predicted molar refractivity (Wildman–Crippen MR) is 106 cm³/mol. The van der Waals surface area contributed by atoms with E-state index in [1.165, 1.54) is 33.5 Å². The van der Waals surface area contributed by atoms with E-state index in [4.69, 9.17) is 23.7 Å². The van der Waals surface area contributed by atoms with Gasteiger partial charge in [0.05, 0.1) is 32.6 Å². The first-order chi connectivity index (χ1) is 14.0. The third kappa shape index (κ3) is 4.60. The summed E-state index contributed by atoms with van der Waals surface area (Å²) in [7, 11) is 4.29. The third-order valence-electron chi connectivity index (χ3n) is 4.17. The maximum absolute atomic E-state index is 12.4. The van der Waals surface area contributed by atoms with Gasteiger partial charge in [0.1, 0.15) is 19.0 Å². The van der Waals surface area contributed by atoms with Gasteiger partial charge in [0, 0.05) is 6.08 Å². The molecule has 0 aromatic heterocycles. The first-order valence-electron chi connectivity index (χ1n) is 8.78. The first-order valence-corrected chi connectivity index (χ1v) is 8.78. The van der Waals surface area contributed by atoms with Crippen LogP contribution < -0.4 is 24.3 Å². The zero-order valence-corrected chi connectivity index (χ0v) is 16.3. The van der Waals surface area contributed by atoms with Crippen LogP contribution in [-0.4, -0.2) is 46.4 Å². The molecule has 1 aliphatic rings. The van der Waals surface area contributed by atoms with Crippen molar-refractivity contribution in [1.82, 2.24) is 0 Å². The Morgan fingerprint density at radius 1 is 1.03 bits per heavy atom. The van der Waals surface area contributed by atoms with Crippen LogP contribution in [0.25, 0.3) is 6.08 Å². The van der Waals surface area contributed by atoms with Crippen molar-refractivity contribution in [3.8, 4) is 23.0 Å². The van der Waals surface area contributed by atoms with Gasteiger partial charge in [-0.1, -0.05) is 0 Å². The number of hydrogen-bond donors (Lipinski definition) is 1. The number of amides is 1. The molecule has 8 nitrogen and oxygen atoms in total. The lowest BCUT2D eigenvalue weighted by atomic mass is 10.1. The van der Waals surface area contributed by atoms with Gasteiger partial charge in [-0.25, -0.2) is 4.79 Å². The first kappa shape index (κ1) is 20.1. The van der Waals surface area contributed by atoms with Crippen LogP contribution in [0.2, 0.25) is 0 Å². The van der Waals surface area contributed by atoms with Crippen LogP contribution in [-0.2, 0) is 9.53 Å². The number of fused-ring (bicyclic) bond motifs is 1. The number of benzene rings is 2. The highest BCUT2D eigenvalue weighted by atomic mass is 16.6. The van der Waals surface area contributed by atoms with Crippen LogP contribution in [0.5, 0.6) is 23.0 Å². The molecule has 0 saturated carbocycles. The van der Waals surface area contributed by atoms with Gasteiger partial charge in [-0.3, -0.25) is 4.79 Å². The van der Waals surface area contributed by atoms with Crippen molar-refractivity contribution in [2.24, 2.45) is 0 Å². The minimum atomic E-state index is -0.584. The van der Waals surface area contributed by atoms with Crippen molar-refractivity contribution >= 4 is 23.6 Å². The summed E-state index contributed by atoms with van der Waals surface area (Å²) in [5.41, 5.74) is 1.20. The molecular weight excluding hydrogens is 378 g/mol. The fourth-order valence-corrected chi connectivity index (χ4v) is 2.77. The van der Waals surface area contributed by atoms with E-state index in [-0.39, 0.29) is 5.56 Å². The van der Waals surface area contributed by atoms with Gasteiger partial charge < -0.3 is 29.0 Å². The lowest BCUT2D eigenvalue weighted by Gasteiger charge is -2.20. The number of carbonyl (C=O) groups excluding carboxylic acids is 2. The normalized spacial score (nSPS) is 12.4. The van der Waals surface area contributed by atoms with Crippen LogP contribution in [0, 0.1) is 0 Å². The molecule has 29 heavy (non-hydrogen) atoms. The van der Waals surface area contributed by atoms with Crippen LogP contribution in [0.4, 0.5) is 5.69 Å². The predicted octanol–water partition coefficient (Wildman–Crippen LogP) is 2.91. The minimum absolute atomic E-state index is 0.189. The highest BCUT2D eigenvalue weighted by Gasteiger charge is 2.18. The maximum atomic E-state index is 12.4. The maximum Gasteiger partial charge on any atom is 0.340 e. The number of esters is 1. The van der Waals surface area contributed by atoms with Crippen LogP contribution in [0.15, 0.2) is 36.4 Å². The van der Waals surface area contributed by atoms with E-state index < -0.39 is 11.9 Å². The summed E-state index contributed by atoms with van der Waals surface area (Å²) in [5.74, 6) is 1.08. The van der Waals surface area contributed by atoms with Crippen molar-refractivity contribution in [1.29, 1.82) is 0 Å². The molecule has 1 heterocycles. The average Bonchev–Trinajstić information content (AvgIpc) is 2.76. The topological polar surface area (TPSA) is 92.3 Å². The Labute approximate surface area is 168 Å². The molecule has 152 valence electrons. The van der Waals surface area contributed by atoms with Crippen molar-refractivity contribution in [2.75, 3.05) is 39.9 Å². The number of rotatable bonds is 6. The van der Waals surface area contributed by atoms with Gasteiger partial charge in [0.25, 0.3) is 0 Å². The fraction of sp³-hybridized carbons (Fsp3) is 0.238. The smallest absolute Gasteiger partial charge is 0.340 e. The molecule has 8 heteroatoms. The van der Waals surface area contributed by atoms with Crippen molar-refractivity contribution in [2.45, 2.75) is 0 Å². The van der Waals surface area contributed by atoms with Crippen LogP contribution in [0.1, 0.15) is 15.9 Å². The molecule has 0 atom stereocenters. The lowest BCUT2D eigenvalue weighted by molar-refractivity contribution is -0.111. The highest BCUT2D eigenvalue weighted by Crippen LogP contribution is 2.40. The molecule has 0 aliphatic carbocycles. The second-order valence-corrected chi connectivity index (χ2v) is 5.97. The number of carbonyl (C=O) groups is 2. The second kappa shape index (κ2) is 9.01. The van der Waals surface area contributed by atoms with E-state index in [0.717, 1.165) is 0 Å². The summed E-state index contributed by atoms with van der Waals surface area (Å²) in [6.45, 7) is 0.892. The molecule has 1 aliphatic heterocycles. The Morgan fingerprint density at radius 2 is 1.83 bits per heavy atom. The average molecular weight is 399 g/mol. The van der Waals surface area contributed by atoms with E-state index in [9.17, 15) is 9.59 Å². The van der Waals surface area contributed by atoms with E-state index in [1.807, 2.05) is 0 Å². The number of nitrogens with one attached hydrogen (secondary N) is 1. The Balaban J connectivity index is 1.79. The Hall–Kier alpha value is -3.68. The SMILES string of the molecule is COC(=O)c1cc(OC)ccc1NC(=O)/C=C/c1cc(OC)c2c(c1)OCCO2. The Morgan fingerprint density at radius 3 is 2.55 bits per heavy atom. The zero-order chi connectivity index (χ0) is 20.8. The fourth-order valence-electron chi connectivity index (χ4n) is 2.77. The monoisotopic (exact) mass is 399 g/mol. The molecule has 2 aromatic carbocycles. The minimum Gasteiger partial charge on any atom is -0.497 e. The zero-order valence-electron chi connectivity index (χ0n) is 16.3. The van der Waals surface area contributed by atoms with Crippen molar-refractivity contribution < 1.29 is 33.3 Å². The summed E-state index contributed by atoms with van der Waals surface area (Å²) in [6, 6.07) is 8.21.